The van der Waals surface area contributed by atoms with Crippen LogP contribution in [-0.2, 0) is 16.1 Å². The molecule has 7 heteroatoms. The summed E-state index contributed by atoms with van der Waals surface area (Å²) in [6.45, 7) is 1.71. The number of hydrogen-bond donors (Lipinski definition) is 2. The van der Waals surface area contributed by atoms with E-state index in [1.807, 2.05) is 0 Å². The topological polar surface area (TPSA) is 61.8 Å². The van der Waals surface area contributed by atoms with E-state index in [0.717, 1.165) is 0 Å². The second kappa shape index (κ2) is 8.06. The van der Waals surface area contributed by atoms with E-state index in [-0.39, 0.29) is 19.0 Å². The fraction of sp³-hybridized carbons (Fsp3) is 0.562. The number of nitrogens with one attached hydrogen (secondary N) is 1. The van der Waals surface area contributed by atoms with Gasteiger partial charge in [-0.05, 0) is 25.0 Å². The van der Waals surface area contributed by atoms with Crippen LogP contribution in [0.15, 0.2) is 18.2 Å². The van der Waals surface area contributed by atoms with Crippen LogP contribution in [0.25, 0.3) is 0 Å². The van der Waals surface area contributed by atoms with Crippen LogP contribution in [0.1, 0.15) is 18.4 Å². The second-order valence-electron chi connectivity index (χ2n) is 5.72. The Balaban J connectivity index is 1.94. The summed E-state index contributed by atoms with van der Waals surface area (Å²) >= 11 is 5.96. The monoisotopic (exact) mass is 344 g/mol. The van der Waals surface area contributed by atoms with Crippen molar-refractivity contribution in [2.45, 2.75) is 25.0 Å². The van der Waals surface area contributed by atoms with Crippen molar-refractivity contribution in [3.8, 4) is 0 Å². The van der Waals surface area contributed by atoms with Gasteiger partial charge in [0.05, 0.1) is 6.61 Å². The van der Waals surface area contributed by atoms with Gasteiger partial charge >= 0.3 is 0 Å². The van der Waals surface area contributed by atoms with Crippen molar-refractivity contribution in [1.29, 1.82) is 0 Å². The van der Waals surface area contributed by atoms with E-state index in [9.17, 15) is 14.3 Å². The van der Waals surface area contributed by atoms with E-state index in [1.54, 1.807) is 18.1 Å². The molecule has 1 heterocycles. The third-order valence-electron chi connectivity index (χ3n) is 4.05. The summed E-state index contributed by atoms with van der Waals surface area (Å²) in [5.74, 6) is -0.721. The lowest BCUT2D eigenvalue weighted by Gasteiger charge is -2.38. The lowest BCUT2D eigenvalue weighted by atomic mass is 9.91. The molecule has 1 fully saturated rings. The summed E-state index contributed by atoms with van der Waals surface area (Å²) in [4.78, 5) is 14.0. The SMILES string of the molecule is COCCN1CCC[C@](O)(CNCc2c(F)cccc2Cl)C1=O. The zero-order chi connectivity index (χ0) is 16.9. The molecule has 2 N–H and O–H groups in total. The number of aliphatic hydroxyl groups is 1. The molecular formula is C16H22ClFN2O3. The van der Waals surface area contributed by atoms with E-state index in [0.29, 0.717) is 43.1 Å². The van der Waals surface area contributed by atoms with E-state index in [4.69, 9.17) is 16.3 Å². The molecule has 0 saturated carbocycles. The van der Waals surface area contributed by atoms with Gasteiger partial charge in [0.1, 0.15) is 5.82 Å². The molecule has 23 heavy (non-hydrogen) atoms. The number of carbonyl (C=O) groups excluding carboxylic acids is 1. The van der Waals surface area contributed by atoms with Gasteiger partial charge in [0.25, 0.3) is 5.91 Å². The van der Waals surface area contributed by atoms with Crippen LogP contribution in [0.2, 0.25) is 5.02 Å². The molecule has 1 aromatic carbocycles. The van der Waals surface area contributed by atoms with Gasteiger partial charge in [-0.3, -0.25) is 4.79 Å². The smallest absolute Gasteiger partial charge is 0.255 e. The molecule has 1 aliphatic rings. The molecule has 0 aromatic heterocycles. The quantitative estimate of drug-likeness (QED) is 0.788. The molecule has 128 valence electrons. The van der Waals surface area contributed by atoms with Crippen LogP contribution in [-0.4, -0.2) is 54.9 Å². The molecule has 1 saturated heterocycles. The maximum Gasteiger partial charge on any atom is 0.255 e. The Labute approximate surface area is 140 Å². The first-order valence-electron chi connectivity index (χ1n) is 7.62. The fourth-order valence-corrected chi connectivity index (χ4v) is 2.97. The van der Waals surface area contributed by atoms with Gasteiger partial charge in [-0.1, -0.05) is 17.7 Å². The van der Waals surface area contributed by atoms with Gasteiger partial charge < -0.3 is 20.1 Å². The Morgan fingerprint density at radius 3 is 3.00 bits per heavy atom. The average molecular weight is 345 g/mol. The van der Waals surface area contributed by atoms with Crippen molar-refractivity contribution >= 4 is 17.5 Å². The van der Waals surface area contributed by atoms with Crippen molar-refractivity contribution in [3.05, 3.63) is 34.6 Å². The highest BCUT2D eigenvalue weighted by Gasteiger charge is 2.41. The normalized spacial score (nSPS) is 21.7. The summed E-state index contributed by atoms with van der Waals surface area (Å²) in [5.41, 5.74) is -1.14. The molecule has 5 nitrogen and oxygen atoms in total. The maximum atomic E-state index is 13.7. The minimum absolute atomic E-state index is 0.0555. The number of amides is 1. The standard InChI is InChI=1S/C16H22ClFN2O3/c1-23-9-8-20-7-3-6-16(22,15(20)21)11-19-10-12-13(17)4-2-5-14(12)18/h2,4-5,19,22H,3,6-11H2,1H3/t16-/m0/s1. The van der Waals surface area contributed by atoms with Gasteiger partial charge in [-0.2, -0.15) is 0 Å². The molecule has 0 unspecified atom stereocenters. The zero-order valence-corrected chi connectivity index (χ0v) is 13.9. The lowest BCUT2D eigenvalue weighted by Crippen LogP contribution is -2.58. The highest BCUT2D eigenvalue weighted by atomic mass is 35.5. The molecule has 1 aliphatic heterocycles. The molecule has 0 bridgehead atoms. The van der Waals surface area contributed by atoms with Crippen LogP contribution in [0.3, 0.4) is 0 Å². The summed E-state index contributed by atoms with van der Waals surface area (Å²) < 4.78 is 18.7. The Hall–Kier alpha value is -1.21. The first-order chi connectivity index (χ1) is 11.0. The summed E-state index contributed by atoms with van der Waals surface area (Å²) in [6, 6.07) is 4.47. The van der Waals surface area contributed by atoms with Gasteiger partial charge in [-0.25, -0.2) is 4.39 Å². The number of benzene rings is 1. The van der Waals surface area contributed by atoms with E-state index < -0.39 is 11.4 Å². The van der Waals surface area contributed by atoms with Gasteiger partial charge in [0, 0.05) is 43.9 Å². The number of likely N-dealkylation sites (tertiary alicyclic amines) is 1. The third-order valence-corrected chi connectivity index (χ3v) is 4.40. The number of ether oxygens (including phenoxy) is 1. The molecule has 1 aromatic rings. The van der Waals surface area contributed by atoms with Crippen LogP contribution >= 0.6 is 11.6 Å². The molecule has 1 atom stereocenters. The molecular weight excluding hydrogens is 323 g/mol. The van der Waals surface area contributed by atoms with E-state index >= 15 is 0 Å². The summed E-state index contributed by atoms with van der Waals surface area (Å²) in [7, 11) is 1.57. The van der Waals surface area contributed by atoms with Crippen LogP contribution in [0, 0.1) is 5.82 Å². The number of piperidine rings is 1. The van der Waals surface area contributed by atoms with Crippen molar-refractivity contribution < 1.29 is 19.0 Å². The maximum absolute atomic E-state index is 13.7. The van der Waals surface area contributed by atoms with Crippen LogP contribution in [0.5, 0.6) is 0 Å². The number of nitrogens with zero attached hydrogens (tertiary/aromatic N) is 1. The molecule has 0 spiro atoms. The number of halogens is 2. The molecule has 2 rings (SSSR count). The predicted octanol–water partition coefficient (Wildman–Crippen LogP) is 1.57. The third kappa shape index (κ3) is 4.41. The first-order valence-corrected chi connectivity index (χ1v) is 8.00. The number of methoxy groups -OCH3 is 1. The van der Waals surface area contributed by atoms with Crippen molar-refractivity contribution in [3.63, 3.8) is 0 Å². The first kappa shape index (κ1) is 18.1. The van der Waals surface area contributed by atoms with Crippen molar-refractivity contribution in [1.82, 2.24) is 10.2 Å². The highest BCUT2D eigenvalue weighted by molar-refractivity contribution is 6.31. The average Bonchev–Trinajstić information content (AvgIpc) is 2.52. The minimum Gasteiger partial charge on any atom is -0.383 e. The zero-order valence-electron chi connectivity index (χ0n) is 13.1. The molecule has 0 aliphatic carbocycles. The minimum atomic E-state index is -1.47. The highest BCUT2D eigenvalue weighted by Crippen LogP contribution is 2.23. The Kier molecular flexibility index (Phi) is 6.35. The number of rotatable bonds is 7. The Bertz CT molecular complexity index is 538. The van der Waals surface area contributed by atoms with E-state index in [1.165, 1.54) is 12.1 Å². The summed E-state index contributed by atoms with van der Waals surface area (Å²) in [6.07, 6.45) is 1.10. The second-order valence-corrected chi connectivity index (χ2v) is 6.13. The Morgan fingerprint density at radius 2 is 2.30 bits per heavy atom. The molecule has 0 radical (unpaired) electrons. The van der Waals surface area contributed by atoms with Crippen LogP contribution < -0.4 is 5.32 Å². The number of hydrogen-bond acceptors (Lipinski definition) is 4. The van der Waals surface area contributed by atoms with Gasteiger partial charge in [0.15, 0.2) is 5.60 Å². The summed E-state index contributed by atoms with van der Waals surface area (Å²) in [5, 5.41) is 13.9. The molecule has 1 amide bonds. The largest absolute Gasteiger partial charge is 0.383 e. The van der Waals surface area contributed by atoms with Crippen molar-refractivity contribution in [2.24, 2.45) is 0 Å². The Morgan fingerprint density at radius 1 is 1.52 bits per heavy atom. The lowest BCUT2D eigenvalue weighted by molar-refractivity contribution is -0.157. The van der Waals surface area contributed by atoms with Gasteiger partial charge in [0.2, 0.25) is 0 Å². The number of carbonyl (C=O) groups is 1. The van der Waals surface area contributed by atoms with E-state index in [2.05, 4.69) is 5.32 Å². The van der Waals surface area contributed by atoms with Crippen molar-refractivity contribution in [2.75, 3.05) is 33.4 Å². The fourth-order valence-electron chi connectivity index (χ4n) is 2.74. The van der Waals surface area contributed by atoms with Gasteiger partial charge in [-0.15, -0.1) is 0 Å². The van der Waals surface area contributed by atoms with Crippen LogP contribution in [0.4, 0.5) is 4.39 Å². The predicted molar refractivity (Wildman–Crippen MR) is 85.8 cm³/mol.